The van der Waals surface area contributed by atoms with Gasteiger partial charge < -0.3 is 0 Å². The van der Waals surface area contributed by atoms with Gasteiger partial charge in [-0.2, -0.15) is 9.52 Å². The second-order valence-electron chi connectivity index (χ2n) is 6.39. The van der Waals surface area contributed by atoms with E-state index in [1.165, 1.54) is 24.3 Å². The van der Waals surface area contributed by atoms with E-state index in [2.05, 4.69) is 9.82 Å². The van der Waals surface area contributed by atoms with Crippen molar-refractivity contribution in [2.45, 2.75) is 12.5 Å². The third-order valence-corrected chi connectivity index (χ3v) is 6.00. The molecule has 3 rings (SSSR count). The van der Waals surface area contributed by atoms with Crippen molar-refractivity contribution in [2.75, 3.05) is 17.2 Å². The minimum atomic E-state index is -3.80. The SMILES string of the molecule is CS(=O)(=O)Nc1cccc(C2=NN(S(C)(=O)=O)[C@H](c3c(F)cccc3Cl)C2)c1. The molecule has 0 aromatic heterocycles. The van der Waals surface area contributed by atoms with Crippen LogP contribution in [-0.2, 0) is 20.0 Å². The Kier molecular flexibility index (Phi) is 5.39. The number of nitrogens with one attached hydrogen (secondary N) is 1. The molecule has 1 aliphatic rings. The molecular weight excluding hydrogens is 429 g/mol. The van der Waals surface area contributed by atoms with Crippen molar-refractivity contribution < 1.29 is 21.2 Å². The van der Waals surface area contributed by atoms with E-state index >= 15 is 0 Å². The molecule has 0 fully saturated rings. The molecule has 0 saturated heterocycles. The molecule has 0 unspecified atom stereocenters. The summed E-state index contributed by atoms with van der Waals surface area (Å²) >= 11 is 6.13. The Morgan fingerprint density at radius 3 is 2.43 bits per heavy atom. The van der Waals surface area contributed by atoms with Crippen molar-refractivity contribution in [2.24, 2.45) is 5.10 Å². The molecule has 1 N–H and O–H groups in total. The summed E-state index contributed by atoms with van der Waals surface area (Å²) in [6.45, 7) is 0. The Labute approximate surface area is 167 Å². The monoisotopic (exact) mass is 445 g/mol. The molecule has 0 bridgehead atoms. The molecule has 2 aromatic rings. The molecule has 0 saturated carbocycles. The number of nitrogens with zero attached hydrogens (tertiary/aromatic N) is 2. The summed E-state index contributed by atoms with van der Waals surface area (Å²) < 4.78 is 65.0. The van der Waals surface area contributed by atoms with E-state index in [4.69, 9.17) is 11.6 Å². The summed E-state index contributed by atoms with van der Waals surface area (Å²) in [7, 11) is -7.28. The summed E-state index contributed by atoms with van der Waals surface area (Å²) in [5, 5.41) is 4.27. The first-order valence-corrected chi connectivity index (χ1v) is 12.2. The molecule has 1 aliphatic heterocycles. The number of halogens is 2. The zero-order chi connectivity index (χ0) is 20.7. The van der Waals surface area contributed by atoms with Crippen molar-refractivity contribution in [3.05, 3.63) is 64.4 Å². The summed E-state index contributed by atoms with van der Waals surface area (Å²) in [6, 6.07) is 9.54. The molecule has 1 atom stereocenters. The van der Waals surface area contributed by atoms with Gasteiger partial charge in [-0.25, -0.2) is 21.2 Å². The minimum Gasteiger partial charge on any atom is -0.284 e. The van der Waals surface area contributed by atoms with Gasteiger partial charge in [-0.3, -0.25) is 4.72 Å². The highest BCUT2D eigenvalue weighted by molar-refractivity contribution is 7.92. The molecule has 0 radical (unpaired) electrons. The second kappa shape index (κ2) is 7.34. The minimum absolute atomic E-state index is 0.0405. The number of rotatable bonds is 5. The van der Waals surface area contributed by atoms with Crippen LogP contribution in [0, 0.1) is 5.82 Å². The number of benzene rings is 2. The average Bonchev–Trinajstić information content (AvgIpc) is 2.98. The first-order chi connectivity index (χ1) is 13.0. The predicted octanol–water partition coefficient (Wildman–Crippen LogP) is 2.96. The van der Waals surface area contributed by atoms with Gasteiger partial charge in [0, 0.05) is 22.7 Å². The molecule has 0 aliphatic carbocycles. The van der Waals surface area contributed by atoms with Gasteiger partial charge in [-0.1, -0.05) is 29.8 Å². The lowest BCUT2D eigenvalue weighted by Crippen LogP contribution is -2.26. The quantitative estimate of drug-likeness (QED) is 0.765. The van der Waals surface area contributed by atoms with Crippen LogP contribution in [-0.4, -0.2) is 39.5 Å². The highest BCUT2D eigenvalue weighted by Crippen LogP contribution is 2.39. The van der Waals surface area contributed by atoms with E-state index in [0.29, 0.717) is 17.0 Å². The van der Waals surface area contributed by atoms with Crippen LogP contribution in [0.15, 0.2) is 47.6 Å². The van der Waals surface area contributed by atoms with Gasteiger partial charge in [0.25, 0.3) is 0 Å². The number of hydrazone groups is 1. The van der Waals surface area contributed by atoms with Crippen LogP contribution in [0.3, 0.4) is 0 Å². The predicted molar refractivity (Wildman–Crippen MR) is 107 cm³/mol. The lowest BCUT2D eigenvalue weighted by molar-refractivity contribution is 0.365. The van der Waals surface area contributed by atoms with Crippen molar-refractivity contribution in [1.82, 2.24) is 4.41 Å². The third kappa shape index (κ3) is 4.45. The van der Waals surface area contributed by atoms with E-state index in [9.17, 15) is 21.2 Å². The summed E-state index contributed by atoms with van der Waals surface area (Å²) in [4.78, 5) is 0. The molecule has 28 heavy (non-hydrogen) atoms. The largest absolute Gasteiger partial charge is 0.284 e. The van der Waals surface area contributed by atoms with Gasteiger partial charge in [0.1, 0.15) is 5.82 Å². The van der Waals surface area contributed by atoms with Crippen LogP contribution in [0.25, 0.3) is 0 Å². The van der Waals surface area contributed by atoms with Gasteiger partial charge in [-0.05, 0) is 29.8 Å². The van der Waals surface area contributed by atoms with E-state index in [0.717, 1.165) is 16.9 Å². The van der Waals surface area contributed by atoms with Crippen molar-refractivity contribution >= 4 is 43.0 Å². The fourth-order valence-corrected chi connectivity index (χ4v) is 4.72. The molecule has 11 heteroatoms. The third-order valence-electron chi connectivity index (χ3n) is 4.04. The second-order valence-corrected chi connectivity index (χ2v) is 10.4. The van der Waals surface area contributed by atoms with E-state index < -0.39 is 31.9 Å². The molecule has 1 heterocycles. The van der Waals surface area contributed by atoms with E-state index in [1.54, 1.807) is 18.2 Å². The van der Waals surface area contributed by atoms with Crippen LogP contribution in [0.2, 0.25) is 5.02 Å². The molecule has 0 amide bonds. The standard InChI is InChI=1S/C17H17ClFN3O4S2/c1-27(23,24)21-12-6-3-5-11(9-12)15-10-16(22(20-15)28(2,25)26)17-13(18)7-4-8-14(17)19/h3-9,16,21H,10H2,1-2H3/t16-/m0/s1. The summed E-state index contributed by atoms with van der Waals surface area (Å²) in [5.74, 6) is -0.630. The lowest BCUT2D eigenvalue weighted by Gasteiger charge is -2.22. The molecule has 7 nitrogen and oxygen atoms in total. The average molecular weight is 446 g/mol. The Morgan fingerprint density at radius 1 is 1.14 bits per heavy atom. The van der Waals surface area contributed by atoms with Gasteiger partial charge >= 0.3 is 0 Å². The Hall–Kier alpha value is -2.17. The zero-order valence-electron chi connectivity index (χ0n) is 14.9. The molecule has 0 spiro atoms. The van der Waals surface area contributed by atoms with Crippen LogP contribution >= 0.6 is 11.6 Å². The maximum absolute atomic E-state index is 14.4. The maximum Gasteiger partial charge on any atom is 0.247 e. The van der Waals surface area contributed by atoms with Gasteiger partial charge in [0.15, 0.2) is 0 Å². The Bertz CT molecular complexity index is 1150. The summed E-state index contributed by atoms with van der Waals surface area (Å²) in [5.41, 5.74) is 1.23. The highest BCUT2D eigenvalue weighted by Gasteiger charge is 2.37. The van der Waals surface area contributed by atoms with E-state index in [1.807, 2.05) is 0 Å². The number of hydrogen-bond donors (Lipinski definition) is 1. The van der Waals surface area contributed by atoms with Gasteiger partial charge in [0.05, 0.1) is 24.3 Å². The van der Waals surface area contributed by atoms with Crippen molar-refractivity contribution in [3.63, 3.8) is 0 Å². The lowest BCUT2D eigenvalue weighted by atomic mass is 9.98. The van der Waals surface area contributed by atoms with Gasteiger partial charge in [0.2, 0.25) is 20.0 Å². The Balaban J connectivity index is 2.04. The molecule has 150 valence electrons. The van der Waals surface area contributed by atoms with Gasteiger partial charge in [-0.15, -0.1) is 0 Å². The Morgan fingerprint density at radius 2 is 1.82 bits per heavy atom. The van der Waals surface area contributed by atoms with Crippen LogP contribution in [0.4, 0.5) is 10.1 Å². The van der Waals surface area contributed by atoms with E-state index in [-0.39, 0.29) is 17.0 Å². The number of hydrogen-bond acceptors (Lipinski definition) is 5. The van der Waals surface area contributed by atoms with Crippen LogP contribution < -0.4 is 4.72 Å². The first-order valence-electron chi connectivity index (χ1n) is 8.05. The number of sulfonamides is 2. The fraction of sp³-hybridized carbons (Fsp3) is 0.235. The normalized spacial score (nSPS) is 17.5. The maximum atomic E-state index is 14.4. The summed E-state index contributed by atoms with van der Waals surface area (Å²) in [6.07, 6.45) is 2.08. The zero-order valence-corrected chi connectivity index (χ0v) is 17.3. The topological polar surface area (TPSA) is 95.9 Å². The number of anilines is 1. The van der Waals surface area contributed by atoms with Crippen LogP contribution in [0.1, 0.15) is 23.6 Å². The fourth-order valence-electron chi connectivity index (χ4n) is 2.99. The highest BCUT2D eigenvalue weighted by atomic mass is 35.5. The smallest absolute Gasteiger partial charge is 0.247 e. The molecular formula is C17H17ClFN3O4S2. The first kappa shape index (κ1) is 20.6. The van der Waals surface area contributed by atoms with Crippen LogP contribution in [0.5, 0.6) is 0 Å². The van der Waals surface area contributed by atoms with Crippen molar-refractivity contribution in [3.8, 4) is 0 Å². The van der Waals surface area contributed by atoms with Crippen molar-refractivity contribution in [1.29, 1.82) is 0 Å². The molecule has 2 aromatic carbocycles.